The van der Waals surface area contributed by atoms with Gasteiger partial charge in [-0.1, -0.05) is 11.6 Å². The summed E-state index contributed by atoms with van der Waals surface area (Å²) in [5.41, 5.74) is 1.23. The summed E-state index contributed by atoms with van der Waals surface area (Å²) in [6.07, 6.45) is 6.72. The summed E-state index contributed by atoms with van der Waals surface area (Å²) in [6, 6.07) is 5.31. The number of carbonyl (C=O) groups excluding carboxylic acids is 2. The van der Waals surface area contributed by atoms with Crippen molar-refractivity contribution in [2.45, 2.75) is 51.7 Å². The number of ether oxygens (including phenoxy) is 1. The van der Waals surface area contributed by atoms with E-state index >= 15 is 0 Å². The molecule has 4 saturated carbocycles. The number of nitrogens with zero attached hydrogens (tertiary/aromatic N) is 2. The van der Waals surface area contributed by atoms with Crippen LogP contribution in [0.2, 0.25) is 5.02 Å². The van der Waals surface area contributed by atoms with Gasteiger partial charge in [0.15, 0.2) is 0 Å². The average Bonchev–Trinajstić information content (AvgIpc) is 3.06. The van der Waals surface area contributed by atoms with Gasteiger partial charge in [-0.2, -0.15) is 0 Å². The maximum absolute atomic E-state index is 13.0. The Kier molecular flexibility index (Phi) is 5.42. The first-order valence-electron chi connectivity index (χ1n) is 11.2. The Labute approximate surface area is 186 Å². The van der Waals surface area contributed by atoms with Crippen LogP contribution in [0.15, 0.2) is 18.2 Å². The summed E-state index contributed by atoms with van der Waals surface area (Å²) in [7, 11) is 0. The number of benzene rings is 1. The molecule has 2 N–H and O–H groups in total. The first kappa shape index (κ1) is 20.8. The van der Waals surface area contributed by atoms with Crippen molar-refractivity contribution in [1.29, 1.82) is 0 Å². The lowest BCUT2D eigenvalue weighted by Gasteiger charge is -2.55. The van der Waals surface area contributed by atoms with Gasteiger partial charge in [-0.15, -0.1) is 0 Å². The van der Waals surface area contributed by atoms with Crippen molar-refractivity contribution in [3.8, 4) is 0 Å². The summed E-state index contributed by atoms with van der Waals surface area (Å²) in [5.74, 6) is 2.10. The van der Waals surface area contributed by atoms with E-state index in [2.05, 4.69) is 10.3 Å². The van der Waals surface area contributed by atoms with Crippen molar-refractivity contribution in [3.05, 3.63) is 29.0 Å². The molecule has 1 aromatic heterocycles. The highest BCUT2D eigenvalue weighted by molar-refractivity contribution is 6.31. The number of halogens is 1. The van der Waals surface area contributed by atoms with Crippen LogP contribution < -0.4 is 5.32 Å². The molecule has 6 rings (SSSR count). The molecule has 7 nitrogen and oxygen atoms in total. The Morgan fingerprint density at radius 3 is 2.52 bits per heavy atom. The number of fused-ring (bicyclic) bond motifs is 1. The minimum atomic E-state index is -0.487. The molecule has 0 aliphatic heterocycles. The monoisotopic (exact) mass is 445 g/mol. The quantitative estimate of drug-likeness (QED) is 0.639. The van der Waals surface area contributed by atoms with E-state index in [-0.39, 0.29) is 31.1 Å². The predicted octanol–water partition coefficient (Wildman–Crippen LogP) is 3.06. The number of amides is 1. The molecule has 4 aliphatic rings. The van der Waals surface area contributed by atoms with Gasteiger partial charge in [0.1, 0.15) is 19.0 Å². The van der Waals surface area contributed by atoms with Crippen LogP contribution in [-0.2, 0) is 27.5 Å². The van der Waals surface area contributed by atoms with Gasteiger partial charge >= 0.3 is 5.97 Å². The van der Waals surface area contributed by atoms with Gasteiger partial charge in [-0.05, 0) is 74.5 Å². The van der Waals surface area contributed by atoms with Gasteiger partial charge in [0.05, 0.1) is 17.6 Å². The SMILES string of the molecule is O=C(CNC(=O)C12CC3CC(CC(C3)C1)C2)OCc1nc2ccc(Cl)cc2n1CCO. The van der Waals surface area contributed by atoms with Crippen LogP contribution in [0, 0.1) is 23.2 Å². The third-order valence-electron chi connectivity index (χ3n) is 7.39. The van der Waals surface area contributed by atoms with Crippen molar-refractivity contribution in [2.24, 2.45) is 23.2 Å². The molecule has 0 unspecified atom stereocenters. The fourth-order valence-corrected chi connectivity index (χ4v) is 6.70. The summed E-state index contributed by atoms with van der Waals surface area (Å²) in [6.45, 7) is 0.0948. The van der Waals surface area contributed by atoms with Crippen LogP contribution >= 0.6 is 11.6 Å². The molecular weight excluding hydrogens is 418 g/mol. The fraction of sp³-hybridized carbons (Fsp3) is 0.609. The van der Waals surface area contributed by atoms with Crippen molar-refractivity contribution >= 4 is 34.5 Å². The molecule has 2 aromatic rings. The molecule has 0 saturated heterocycles. The second-order valence-electron chi connectivity index (χ2n) is 9.58. The molecule has 4 fully saturated rings. The zero-order valence-electron chi connectivity index (χ0n) is 17.5. The van der Waals surface area contributed by atoms with Gasteiger partial charge in [0.25, 0.3) is 0 Å². The summed E-state index contributed by atoms with van der Waals surface area (Å²) >= 11 is 6.08. The first-order valence-corrected chi connectivity index (χ1v) is 11.5. The molecular formula is C23H28ClN3O4. The fourth-order valence-electron chi connectivity index (χ4n) is 6.53. The molecule has 0 spiro atoms. The standard InChI is InChI=1S/C23H28ClN3O4/c24-17-1-2-18-19(8-17)27(3-4-28)20(26-18)13-31-21(29)12-25-22(30)23-9-14-5-15(10-23)7-16(6-14)11-23/h1-2,8,14-16,28H,3-7,9-13H2,(H,25,30). The predicted molar refractivity (Wildman–Crippen MR) is 115 cm³/mol. The molecule has 1 aromatic carbocycles. The molecule has 166 valence electrons. The van der Waals surface area contributed by atoms with E-state index in [0.717, 1.165) is 30.3 Å². The summed E-state index contributed by atoms with van der Waals surface area (Å²) in [4.78, 5) is 29.8. The average molecular weight is 446 g/mol. The van der Waals surface area contributed by atoms with Crippen LogP contribution in [0.5, 0.6) is 0 Å². The van der Waals surface area contributed by atoms with Gasteiger partial charge < -0.3 is 19.7 Å². The summed E-state index contributed by atoms with van der Waals surface area (Å²) < 4.78 is 7.19. The maximum Gasteiger partial charge on any atom is 0.325 e. The van der Waals surface area contributed by atoms with Crippen LogP contribution in [0.1, 0.15) is 44.3 Å². The Bertz CT molecular complexity index is 982. The number of aliphatic hydroxyl groups is 1. The molecule has 0 atom stereocenters. The van der Waals surface area contributed by atoms with Crippen LogP contribution in [0.4, 0.5) is 0 Å². The van der Waals surface area contributed by atoms with E-state index in [9.17, 15) is 14.7 Å². The Balaban J connectivity index is 1.19. The highest BCUT2D eigenvalue weighted by atomic mass is 35.5. The molecule has 4 bridgehead atoms. The van der Waals surface area contributed by atoms with Gasteiger partial charge in [0, 0.05) is 17.0 Å². The van der Waals surface area contributed by atoms with Crippen LogP contribution in [-0.4, -0.2) is 39.7 Å². The minimum absolute atomic E-state index is 0.0192. The van der Waals surface area contributed by atoms with E-state index < -0.39 is 5.97 Å². The highest BCUT2D eigenvalue weighted by Gasteiger charge is 2.54. The number of rotatable bonds is 7. The van der Waals surface area contributed by atoms with Gasteiger partial charge in [0.2, 0.25) is 5.91 Å². The Morgan fingerprint density at radius 2 is 1.87 bits per heavy atom. The lowest BCUT2D eigenvalue weighted by atomic mass is 9.49. The van der Waals surface area contributed by atoms with E-state index in [1.807, 2.05) is 0 Å². The Morgan fingerprint density at radius 1 is 1.19 bits per heavy atom. The molecule has 8 heteroatoms. The van der Waals surface area contributed by atoms with Gasteiger partial charge in [-0.25, -0.2) is 4.98 Å². The summed E-state index contributed by atoms with van der Waals surface area (Å²) in [5, 5.41) is 12.8. The van der Waals surface area contributed by atoms with E-state index in [1.165, 1.54) is 19.3 Å². The van der Waals surface area contributed by atoms with Crippen LogP contribution in [0.25, 0.3) is 11.0 Å². The van der Waals surface area contributed by atoms with E-state index in [1.54, 1.807) is 22.8 Å². The topological polar surface area (TPSA) is 93.5 Å². The third-order valence-corrected chi connectivity index (χ3v) is 7.62. The number of aliphatic hydroxyl groups excluding tert-OH is 1. The number of aromatic nitrogens is 2. The number of imidazole rings is 1. The largest absolute Gasteiger partial charge is 0.456 e. The second-order valence-corrected chi connectivity index (χ2v) is 10.0. The number of hydrogen-bond donors (Lipinski definition) is 2. The second kappa shape index (κ2) is 8.10. The minimum Gasteiger partial charge on any atom is -0.456 e. The molecule has 0 radical (unpaired) electrons. The van der Waals surface area contributed by atoms with Crippen molar-refractivity contribution in [1.82, 2.24) is 14.9 Å². The van der Waals surface area contributed by atoms with Crippen molar-refractivity contribution in [2.75, 3.05) is 13.2 Å². The molecule has 1 heterocycles. The zero-order chi connectivity index (χ0) is 21.6. The maximum atomic E-state index is 13.0. The lowest BCUT2D eigenvalue weighted by molar-refractivity contribution is -0.151. The Hall–Kier alpha value is -2.12. The number of nitrogens with one attached hydrogen (secondary N) is 1. The molecule has 1 amide bonds. The first-order chi connectivity index (χ1) is 15.0. The number of esters is 1. The lowest BCUT2D eigenvalue weighted by Crippen LogP contribution is -2.54. The molecule has 31 heavy (non-hydrogen) atoms. The van der Waals surface area contributed by atoms with Crippen molar-refractivity contribution < 1.29 is 19.4 Å². The van der Waals surface area contributed by atoms with E-state index in [4.69, 9.17) is 16.3 Å². The third kappa shape index (κ3) is 3.94. The van der Waals surface area contributed by atoms with E-state index in [0.29, 0.717) is 35.1 Å². The number of hydrogen-bond acceptors (Lipinski definition) is 5. The number of carbonyl (C=O) groups is 2. The van der Waals surface area contributed by atoms with Gasteiger partial charge in [-0.3, -0.25) is 9.59 Å². The molecule has 4 aliphatic carbocycles. The van der Waals surface area contributed by atoms with Crippen molar-refractivity contribution in [3.63, 3.8) is 0 Å². The normalized spacial score (nSPS) is 28.8. The highest BCUT2D eigenvalue weighted by Crippen LogP contribution is 2.60. The van der Waals surface area contributed by atoms with Crippen LogP contribution in [0.3, 0.4) is 0 Å². The smallest absolute Gasteiger partial charge is 0.325 e. The zero-order valence-corrected chi connectivity index (χ0v) is 18.2.